The molecule has 2 aliphatic rings. The van der Waals surface area contributed by atoms with E-state index in [9.17, 15) is 8.78 Å². The lowest BCUT2D eigenvalue weighted by atomic mass is 9.68. The first-order chi connectivity index (χ1) is 13.6. The number of hydrogen-bond acceptors (Lipinski definition) is 1. The molecule has 2 fully saturated rings. The summed E-state index contributed by atoms with van der Waals surface area (Å²) in [5, 5.41) is 8.90. The van der Waals surface area contributed by atoms with Gasteiger partial charge in [0.2, 0.25) is 0 Å². The molecule has 0 amide bonds. The van der Waals surface area contributed by atoms with Gasteiger partial charge in [0.15, 0.2) is 0 Å². The van der Waals surface area contributed by atoms with Gasteiger partial charge in [0.1, 0.15) is 11.6 Å². The fraction of sp³-hybridized carbons (Fsp3) is 0.680. The molecule has 0 spiro atoms. The van der Waals surface area contributed by atoms with Gasteiger partial charge in [0.05, 0.1) is 0 Å². The fourth-order valence-corrected chi connectivity index (χ4v) is 5.41. The van der Waals surface area contributed by atoms with Crippen molar-refractivity contribution in [1.82, 2.24) is 0 Å². The van der Waals surface area contributed by atoms with Gasteiger partial charge in [-0.15, -0.1) is 0 Å². The van der Waals surface area contributed by atoms with E-state index in [-0.39, 0.29) is 24.5 Å². The van der Waals surface area contributed by atoms with Crippen LogP contribution in [0.4, 0.5) is 8.78 Å². The summed E-state index contributed by atoms with van der Waals surface area (Å²) in [6.45, 7) is 2.16. The second-order valence-corrected chi connectivity index (χ2v) is 8.91. The summed E-state index contributed by atoms with van der Waals surface area (Å²) in [5.41, 5.74) is 0.954. The Kier molecular flexibility index (Phi) is 8.08. The van der Waals surface area contributed by atoms with E-state index in [4.69, 9.17) is 5.11 Å². The highest BCUT2D eigenvalue weighted by atomic mass is 19.1. The molecule has 3 heteroatoms. The summed E-state index contributed by atoms with van der Waals surface area (Å²) in [7, 11) is 0. The average Bonchev–Trinajstić information content (AvgIpc) is 2.72. The molecule has 28 heavy (non-hydrogen) atoms. The first kappa shape index (κ1) is 21.5. The van der Waals surface area contributed by atoms with Crippen molar-refractivity contribution in [2.24, 2.45) is 17.8 Å². The molecule has 3 rings (SSSR count). The Bertz CT molecular complexity index is 615. The highest BCUT2D eigenvalue weighted by Crippen LogP contribution is 2.44. The maximum absolute atomic E-state index is 14.4. The summed E-state index contributed by atoms with van der Waals surface area (Å²) >= 11 is 0. The number of aliphatic hydroxyl groups is 1. The molecule has 0 aliphatic heterocycles. The predicted octanol–water partition coefficient (Wildman–Crippen LogP) is 6.94. The van der Waals surface area contributed by atoms with Gasteiger partial charge in [0.25, 0.3) is 0 Å². The van der Waals surface area contributed by atoms with Crippen molar-refractivity contribution in [3.63, 3.8) is 0 Å². The van der Waals surface area contributed by atoms with E-state index in [0.717, 1.165) is 42.6 Å². The minimum atomic E-state index is -0.441. The Morgan fingerprint density at radius 1 is 0.929 bits per heavy atom. The van der Waals surface area contributed by atoms with E-state index in [2.05, 4.69) is 19.1 Å². The molecule has 1 N–H and O–H groups in total. The van der Waals surface area contributed by atoms with Gasteiger partial charge in [-0.25, -0.2) is 8.78 Å². The zero-order chi connectivity index (χ0) is 19.9. The molecule has 2 aliphatic carbocycles. The van der Waals surface area contributed by atoms with Crippen LogP contribution in [0, 0.1) is 29.4 Å². The molecule has 1 nitrogen and oxygen atoms in total. The smallest absolute Gasteiger partial charge is 0.129 e. The molecule has 1 aromatic carbocycles. The fourth-order valence-electron chi connectivity index (χ4n) is 5.41. The largest absolute Gasteiger partial charge is 0.396 e. The van der Waals surface area contributed by atoms with Crippen LogP contribution < -0.4 is 0 Å². The summed E-state index contributed by atoms with van der Waals surface area (Å²) in [6.07, 6.45) is 16.3. The predicted molar refractivity (Wildman–Crippen MR) is 111 cm³/mol. The summed E-state index contributed by atoms with van der Waals surface area (Å²) < 4.78 is 28.7. The van der Waals surface area contributed by atoms with E-state index in [1.54, 1.807) is 12.1 Å². The van der Waals surface area contributed by atoms with E-state index in [1.165, 1.54) is 38.5 Å². The topological polar surface area (TPSA) is 20.2 Å². The van der Waals surface area contributed by atoms with Crippen molar-refractivity contribution < 1.29 is 13.9 Å². The molecule has 0 heterocycles. The third-order valence-electron chi connectivity index (χ3n) is 7.12. The Hall–Kier alpha value is -1.22. The quantitative estimate of drug-likeness (QED) is 0.500. The van der Waals surface area contributed by atoms with Crippen LogP contribution in [0.2, 0.25) is 0 Å². The Balaban J connectivity index is 1.52. The van der Waals surface area contributed by atoms with E-state index in [0.29, 0.717) is 6.42 Å². The average molecular weight is 391 g/mol. The van der Waals surface area contributed by atoms with Crippen LogP contribution in [-0.4, -0.2) is 11.7 Å². The minimum Gasteiger partial charge on any atom is -0.396 e. The van der Waals surface area contributed by atoms with Crippen molar-refractivity contribution >= 4 is 0 Å². The van der Waals surface area contributed by atoms with Crippen molar-refractivity contribution in [3.05, 3.63) is 47.0 Å². The monoisotopic (exact) mass is 390 g/mol. The third-order valence-corrected chi connectivity index (χ3v) is 7.12. The SMILES string of the molecule is CC/C=C/C1CCC(C2CCC(c3cc(F)c(CCCO)c(F)c3)CC2)CC1. The third kappa shape index (κ3) is 5.43. The van der Waals surface area contributed by atoms with Crippen LogP contribution in [0.3, 0.4) is 0 Å². The normalized spacial score (nSPS) is 28.7. The summed E-state index contributed by atoms with van der Waals surface area (Å²) in [5.74, 6) is 1.83. The first-order valence-corrected chi connectivity index (χ1v) is 11.4. The van der Waals surface area contributed by atoms with Gasteiger partial charge in [-0.2, -0.15) is 0 Å². The Labute approximate surface area is 169 Å². The lowest BCUT2D eigenvalue weighted by molar-refractivity contribution is 0.171. The van der Waals surface area contributed by atoms with Crippen molar-refractivity contribution in [2.75, 3.05) is 6.61 Å². The highest BCUT2D eigenvalue weighted by molar-refractivity contribution is 5.29. The van der Waals surface area contributed by atoms with Crippen LogP contribution in [0.15, 0.2) is 24.3 Å². The lowest BCUT2D eigenvalue weighted by Crippen LogP contribution is -2.25. The molecule has 1 aromatic rings. The first-order valence-electron chi connectivity index (χ1n) is 11.4. The standard InChI is InChI=1S/C25H36F2O/c1-2-3-5-18-7-9-19(10-8-18)20-11-13-21(14-12-20)22-16-24(26)23(6-4-15-28)25(27)17-22/h3,5,16-21,28H,2,4,6-15H2,1H3/b5-3+. The molecule has 0 radical (unpaired) electrons. The molecule has 0 atom stereocenters. The van der Waals surface area contributed by atoms with Crippen molar-refractivity contribution in [2.45, 2.75) is 83.5 Å². The molecular weight excluding hydrogens is 354 g/mol. The van der Waals surface area contributed by atoms with Crippen LogP contribution in [-0.2, 0) is 6.42 Å². The van der Waals surface area contributed by atoms with Gasteiger partial charge >= 0.3 is 0 Å². The van der Waals surface area contributed by atoms with Crippen LogP contribution in [0.1, 0.15) is 88.2 Å². The molecule has 0 saturated heterocycles. The zero-order valence-corrected chi connectivity index (χ0v) is 17.3. The van der Waals surface area contributed by atoms with Crippen LogP contribution in [0.25, 0.3) is 0 Å². The van der Waals surface area contributed by atoms with E-state index in [1.807, 2.05) is 0 Å². The number of halogens is 2. The maximum Gasteiger partial charge on any atom is 0.129 e. The van der Waals surface area contributed by atoms with Gasteiger partial charge in [-0.05, 0) is 112 Å². The van der Waals surface area contributed by atoms with Gasteiger partial charge < -0.3 is 5.11 Å². The number of aliphatic hydroxyl groups excluding tert-OH is 1. The minimum absolute atomic E-state index is 0.0402. The molecule has 156 valence electrons. The maximum atomic E-state index is 14.4. The van der Waals surface area contributed by atoms with Crippen LogP contribution >= 0.6 is 0 Å². The second-order valence-electron chi connectivity index (χ2n) is 8.91. The molecule has 0 bridgehead atoms. The zero-order valence-electron chi connectivity index (χ0n) is 17.3. The number of hydrogen-bond donors (Lipinski definition) is 1. The summed E-state index contributed by atoms with van der Waals surface area (Å²) in [4.78, 5) is 0. The van der Waals surface area contributed by atoms with Gasteiger partial charge in [0, 0.05) is 12.2 Å². The van der Waals surface area contributed by atoms with E-state index < -0.39 is 11.6 Å². The Morgan fingerprint density at radius 2 is 1.50 bits per heavy atom. The van der Waals surface area contributed by atoms with Gasteiger partial charge in [-0.1, -0.05) is 19.1 Å². The number of rotatable bonds is 7. The lowest BCUT2D eigenvalue weighted by Gasteiger charge is -2.37. The van der Waals surface area contributed by atoms with Gasteiger partial charge in [-0.3, -0.25) is 0 Å². The van der Waals surface area contributed by atoms with Crippen molar-refractivity contribution in [3.8, 4) is 0 Å². The summed E-state index contributed by atoms with van der Waals surface area (Å²) in [6, 6.07) is 3.10. The highest BCUT2D eigenvalue weighted by Gasteiger charge is 2.31. The van der Waals surface area contributed by atoms with Crippen LogP contribution in [0.5, 0.6) is 0 Å². The van der Waals surface area contributed by atoms with E-state index >= 15 is 0 Å². The molecule has 0 aromatic heterocycles. The molecule has 2 saturated carbocycles. The molecule has 0 unspecified atom stereocenters. The Morgan fingerprint density at radius 3 is 2.04 bits per heavy atom. The number of allylic oxidation sites excluding steroid dienone is 2. The molecular formula is C25H36F2O. The number of benzene rings is 1. The second kappa shape index (κ2) is 10.5. The van der Waals surface area contributed by atoms with Crippen molar-refractivity contribution in [1.29, 1.82) is 0 Å².